The van der Waals surface area contributed by atoms with Crippen molar-refractivity contribution >= 4 is 5.91 Å². The Hall–Kier alpha value is -3.46. The van der Waals surface area contributed by atoms with Crippen molar-refractivity contribution in [3.05, 3.63) is 65.4 Å². The van der Waals surface area contributed by atoms with E-state index in [1.54, 1.807) is 48.1 Å². The number of carbonyl (C=O) groups excluding carboxylic acids is 1. The average molecular weight is 488 g/mol. The predicted octanol–water partition coefficient (Wildman–Crippen LogP) is 5.14. The largest absolute Gasteiger partial charge is 0.497 e. The summed E-state index contributed by atoms with van der Waals surface area (Å²) in [5.41, 5.74) is 1.98. The number of hydrogen-bond donors (Lipinski definition) is 0. The van der Waals surface area contributed by atoms with Gasteiger partial charge in [-0.15, -0.1) is 0 Å². The lowest BCUT2D eigenvalue weighted by atomic mass is 10.1. The normalized spacial score (nSPS) is 11.1. The van der Waals surface area contributed by atoms with E-state index in [1.807, 2.05) is 20.8 Å². The molecule has 0 aliphatic heterocycles. The van der Waals surface area contributed by atoms with Crippen LogP contribution in [0.25, 0.3) is 5.69 Å². The first-order valence-corrected chi connectivity index (χ1v) is 11.4. The van der Waals surface area contributed by atoms with Gasteiger partial charge >= 0.3 is 0 Å². The molecule has 1 amide bonds. The number of ether oxygens (including phenoxy) is 3. The number of hydrogen-bond acceptors (Lipinski definition) is 5. The lowest BCUT2D eigenvalue weighted by Gasteiger charge is -2.25. The fraction of sp³-hybridized carbons (Fsp3) is 0.385. The zero-order valence-electron chi connectivity index (χ0n) is 20.7. The quantitative estimate of drug-likeness (QED) is 0.375. The first-order chi connectivity index (χ1) is 16.8. The van der Waals surface area contributed by atoms with Crippen molar-refractivity contribution in [2.75, 3.05) is 27.4 Å². The third kappa shape index (κ3) is 6.16. The van der Waals surface area contributed by atoms with Gasteiger partial charge in [0.05, 0.1) is 37.2 Å². The molecule has 0 unspecified atom stereocenters. The number of methoxy groups -OCH3 is 2. The number of halogens is 2. The van der Waals surface area contributed by atoms with Crippen LogP contribution < -0.4 is 9.47 Å². The van der Waals surface area contributed by atoms with Gasteiger partial charge in [0.1, 0.15) is 11.6 Å². The minimum absolute atomic E-state index is 0.0554. The summed E-state index contributed by atoms with van der Waals surface area (Å²) in [6.07, 6.45) is 0.550. The molecule has 188 valence electrons. The number of carbonyl (C=O) groups is 1. The van der Waals surface area contributed by atoms with Gasteiger partial charge < -0.3 is 19.1 Å². The molecule has 3 aromatic rings. The Morgan fingerprint density at radius 3 is 2.40 bits per heavy atom. The van der Waals surface area contributed by atoms with Gasteiger partial charge in [-0.25, -0.2) is 13.5 Å². The van der Waals surface area contributed by atoms with E-state index < -0.39 is 11.6 Å². The van der Waals surface area contributed by atoms with Crippen LogP contribution in [0.4, 0.5) is 8.78 Å². The molecule has 0 saturated carbocycles. The standard InChI is InChI=1S/C26H31F2N3O4/c1-6-23-21(16-30(13-14-33-4)25(32)17(2)3)26(35-24-12-7-18(27)15-22(24)28)31(29-23)19-8-10-20(34-5)11-9-19/h7-12,15,17H,6,13-14,16H2,1-5H3. The Balaban J connectivity index is 2.14. The fourth-order valence-corrected chi connectivity index (χ4v) is 3.61. The number of nitrogens with zero attached hydrogens (tertiary/aromatic N) is 3. The lowest BCUT2D eigenvalue weighted by molar-refractivity contribution is -0.135. The average Bonchev–Trinajstić information content (AvgIpc) is 3.19. The Bertz CT molecular complexity index is 1150. The first-order valence-electron chi connectivity index (χ1n) is 11.4. The van der Waals surface area contributed by atoms with Crippen LogP contribution in [-0.2, 0) is 22.5 Å². The van der Waals surface area contributed by atoms with E-state index in [2.05, 4.69) is 0 Å². The highest BCUT2D eigenvalue weighted by molar-refractivity contribution is 5.78. The van der Waals surface area contributed by atoms with Crippen molar-refractivity contribution in [2.45, 2.75) is 33.7 Å². The van der Waals surface area contributed by atoms with Crippen molar-refractivity contribution in [3.63, 3.8) is 0 Å². The topological polar surface area (TPSA) is 65.8 Å². The minimum atomic E-state index is -0.842. The van der Waals surface area contributed by atoms with Crippen molar-refractivity contribution < 1.29 is 27.8 Å². The van der Waals surface area contributed by atoms with E-state index in [0.717, 1.165) is 12.1 Å². The molecule has 0 aliphatic rings. The molecule has 0 spiro atoms. The van der Waals surface area contributed by atoms with Crippen LogP contribution in [0, 0.1) is 17.6 Å². The van der Waals surface area contributed by atoms with Crippen LogP contribution >= 0.6 is 0 Å². The Kier molecular flexibility index (Phi) is 8.81. The molecule has 3 rings (SSSR count). The maximum Gasteiger partial charge on any atom is 0.228 e. The SMILES string of the molecule is CCc1nn(-c2ccc(OC)cc2)c(Oc2ccc(F)cc2F)c1CN(CCOC)C(=O)C(C)C. The number of benzene rings is 2. The molecule has 0 bridgehead atoms. The van der Waals surface area contributed by atoms with Crippen LogP contribution in [0.15, 0.2) is 42.5 Å². The number of amides is 1. The Labute approximate surface area is 204 Å². The van der Waals surface area contributed by atoms with Gasteiger partial charge in [-0.1, -0.05) is 20.8 Å². The summed E-state index contributed by atoms with van der Waals surface area (Å²) in [5.74, 6) is -1.07. The van der Waals surface area contributed by atoms with Crippen LogP contribution in [0.3, 0.4) is 0 Å². The molecular formula is C26H31F2N3O4. The van der Waals surface area contributed by atoms with Gasteiger partial charge in [-0.05, 0) is 42.8 Å². The van der Waals surface area contributed by atoms with Crippen molar-refractivity contribution in [1.29, 1.82) is 0 Å². The summed E-state index contributed by atoms with van der Waals surface area (Å²) in [6.45, 7) is 6.52. The molecule has 0 N–H and O–H groups in total. The number of rotatable bonds is 11. The fourth-order valence-electron chi connectivity index (χ4n) is 3.61. The summed E-state index contributed by atoms with van der Waals surface area (Å²) < 4.78 is 46.1. The minimum Gasteiger partial charge on any atom is -0.497 e. The molecule has 0 aliphatic carbocycles. The first kappa shape index (κ1) is 26.2. The number of aryl methyl sites for hydroxylation is 1. The molecule has 1 aromatic heterocycles. The third-order valence-corrected chi connectivity index (χ3v) is 5.49. The predicted molar refractivity (Wildman–Crippen MR) is 128 cm³/mol. The van der Waals surface area contributed by atoms with E-state index in [4.69, 9.17) is 19.3 Å². The Morgan fingerprint density at radius 2 is 1.83 bits per heavy atom. The smallest absolute Gasteiger partial charge is 0.228 e. The Morgan fingerprint density at radius 1 is 1.11 bits per heavy atom. The molecule has 1 heterocycles. The number of aromatic nitrogens is 2. The van der Waals surface area contributed by atoms with Gasteiger partial charge in [0.2, 0.25) is 11.8 Å². The summed E-state index contributed by atoms with van der Waals surface area (Å²) >= 11 is 0. The van der Waals surface area contributed by atoms with Gasteiger partial charge in [0.25, 0.3) is 0 Å². The summed E-state index contributed by atoms with van der Waals surface area (Å²) in [6, 6.07) is 10.3. The highest BCUT2D eigenvalue weighted by Crippen LogP contribution is 2.34. The lowest BCUT2D eigenvalue weighted by Crippen LogP contribution is -2.36. The molecule has 0 atom stereocenters. The van der Waals surface area contributed by atoms with E-state index in [1.165, 1.54) is 6.07 Å². The molecule has 35 heavy (non-hydrogen) atoms. The van der Waals surface area contributed by atoms with Crippen molar-refractivity contribution in [3.8, 4) is 23.1 Å². The second-order valence-corrected chi connectivity index (χ2v) is 8.28. The van der Waals surface area contributed by atoms with Crippen LogP contribution in [-0.4, -0.2) is 48.0 Å². The molecular weight excluding hydrogens is 456 g/mol. The molecule has 2 aromatic carbocycles. The monoisotopic (exact) mass is 487 g/mol. The zero-order chi connectivity index (χ0) is 25.5. The summed E-state index contributed by atoms with van der Waals surface area (Å²) in [7, 11) is 3.14. The summed E-state index contributed by atoms with van der Waals surface area (Å²) in [5, 5.41) is 4.72. The second-order valence-electron chi connectivity index (χ2n) is 8.28. The second kappa shape index (κ2) is 11.8. The van der Waals surface area contributed by atoms with Gasteiger partial charge in [0, 0.05) is 25.6 Å². The van der Waals surface area contributed by atoms with Gasteiger partial charge in [-0.3, -0.25) is 4.79 Å². The van der Waals surface area contributed by atoms with Crippen LogP contribution in [0.2, 0.25) is 0 Å². The van der Waals surface area contributed by atoms with Crippen molar-refractivity contribution in [1.82, 2.24) is 14.7 Å². The van der Waals surface area contributed by atoms with Crippen LogP contribution in [0.5, 0.6) is 17.4 Å². The van der Waals surface area contributed by atoms with Gasteiger partial charge in [0.15, 0.2) is 11.6 Å². The van der Waals surface area contributed by atoms with Crippen LogP contribution in [0.1, 0.15) is 32.0 Å². The zero-order valence-corrected chi connectivity index (χ0v) is 20.7. The summed E-state index contributed by atoms with van der Waals surface area (Å²) in [4.78, 5) is 14.6. The van der Waals surface area contributed by atoms with E-state index >= 15 is 0 Å². The molecule has 7 nitrogen and oxygen atoms in total. The van der Waals surface area contributed by atoms with E-state index in [-0.39, 0.29) is 30.0 Å². The molecule has 0 saturated heterocycles. The van der Waals surface area contributed by atoms with E-state index in [9.17, 15) is 13.6 Å². The molecule has 9 heteroatoms. The van der Waals surface area contributed by atoms with Crippen molar-refractivity contribution in [2.24, 2.45) is 5.92 Å². The molecule has 0 radical (unpaired) electrons. The third-order valence-electron chi connectivity index (χ3n) is 5.49. The molecule has 0 fully saturated rings. The van der Waals surface area contributed by atoms with Gasteiger partial charge in [-0.2, -0.15) is 5.10 Å². The maximum absolute atomic E-state index is 14.6. The highest BCUT2D eigenvalue weighted by Gasteiger charge is 2.26. The highest BCUT2D eigenvalue weighted by atomic mass is 19.1. The van der Waals surface area contributed by atoms with E-state index in [0.29, 0.717) is 42.3 Å². The maximum atomic E-state index is 14.6.